The summed E-state index contributed by atoms with van der Waals surface area (Å²) < 4.78 is 4.67. The molecule has 202 valence electrons. The monoisotopic (exact) mass is 559 g/mol. The highest BCUT2D eigenvalue weighted by molar-refractivity contribution is 6.34. The Kier molecular flexibility index (Phi) is 4.46. The van der Waals surface area contributed by atoms with Crippen molar-refractivity contribution in [3.63, 3.8) is 0 Å². The lowest BCUT2D eigenvalue weighted by atomic mass is 10.0. The van der Waals surface area contributed by atoms with Crippen molar-refractivity contribution >= 4 is 70.8 Å². The number of para-hydroxylation sites is 4. The van der Waals surface area contributed by atoms with Crippen LogP contribution in [0.5, 0.6) is 0 Å². The van der Waals surface area contributed by atoms with Crippen molar-refractivity contribution in [1.82, 2.24) is 18.9 Å². The Balaban J connectivity index is 1.43. The standard InChI is InChI=1S/C39H21N5/c40-22-23-17-19-24(20-18-23)36-27-11-1-5-13-31(27)41-39(42-36)44-33-15-7-3-10-26(33)30-21-29-25-9-2-6-14-32(25)43-34-16-8-4-12-28(34)35(37(29)43)38(30)44/h1-21H. The molecule has 4 aromatic heterocycles. The van der Waals surface area contributed by atoms with Gasteiger partial charge in [-0.05, 0) is 42.5 Å². The lowest BCUT2D eigenvalue weighted by molar-refractivity contribution is 1.02. The van der Waals surface area contributed by atoms with E-state index in [0.717, 1.165) is 33.2 Å². The number of nitrogens with zero attached hydrogens (tertiary/aromatic N) is 5. The minimum Gasteiger partial charge on any atom is -0.308 e. The Morgan fingerprint density at radius 3 is 1.86 bits per heavy atom. The highest BCUT2D eigenvalue weighted by Gasteiger charge is 2.25. The molecule has 0 N–H and O–H groups in total. The van der Waals surface area contributed by atoms with Gasteiger partial charge in [-0.2, -0.15) is 5.26 Å². The van der Waals surface area contributed by atoms with E-state index in [1.54, 1.807) is 0 Å². The van der Waals surface area contributed by atoms with E-state index in [1.165, 1.54) is 48.9 Å². The maximum absolute atomic E-state index is 9.41. The summed E-state index contributed by atoms with van der Waals surface area (Å²) in [5.74, 6) is 0.622. The van der Waals surface area contributed by atoms with E-state index in [-0.39, 0.29) is 0 Å². The summed E-state index contributed by atoms with van der Waals surface area (Å²) in [4.78, 5) is 10.5. The average Bonchev–Trinajstić information content (AvgIpc) is 3.72. The topological polar surface area (TPSA) is 58.9 Å². The average molecular weight is 560 g/mol. The SMILES string of the molecule is N#Cc1ccc(-c2nc(-n3c4ccccc4c4cc5c6ccccc6n6c7ccccc7c(c43)c56)nc3ccccc23)cc1. The molecule has 0 saturated carbocycles. The van der Waals surface area contributed by atoms with Gasteiger partial charge >= 0.3 is 0 Å². The molecule has 0 saturated heterocycles. The number of hydrogen-bond donors (Lipinski definition) is 0. The van der Waals surface area contributed by atoms with E-state index in [9.17, 15) is 5.26 Å². The fourth-order valence-electron chi connectivity index (χ4n) is 7.25. The van der Waals surface area contributed by atoms with Crippen molar-refractivity contribution < 1.29 is 0 Å². The van der Waals surface area contributed by atoms with Crippen LogP contribution in [0.1, 0.15) is 5.56 Å². The number of hydrogen-bond acceptors (Lipinski definition) is 3. The first kappa shape index (κ1) is 23.3. The molecule has 0 unspecified atom stereocenters. The minimum atomic E-state index is 0.621. The van der Waals surface area contributed by atoms with Crippen molar-refractivity contribution in [3.05, 3.63) is 133 Å². The zero-order chi connectivity index (χ0) is 28.9. The number of benzene rings is 6. The molecule has 44 heavy (non-hydrogen) atoms. The van der Waals surface area contributed by atoms with Crippen LogP contribution in [0, 0.1) is 11.3 Å². The molecule has 0 fully saturated rings. The summed E-state index contributed by atoms with van der Waals surface area (Å²) >= 11 is 0. The molecule has 0 aliphatic rings. The molecule has 10 rings (SSSR count). The lowest BCUT2D eigenvalue weighted by Gasteiger charge is -2.12. The van der Waals surface area contributed by atoms with Crippen LogP contribution in [0.15, 0.2) is 127 Å². The van der Waals surface area contributed by atoms with Gasteiger partial charge in [0.25, 0.3) is 0 Å². The molecule has 6 aromatic carbocycles. The molecular weight excluding hydrogens is 538 g/mol. The Bertz CT molecular complexity index is 2830. The molecule has 0 spiro atoms. The fraction of sp³-hybridized carbons (Fsp3) is 0. The molecule has 0 radical (unpaired) electrons. The zero-order valence-corrected chi connectivity index (χ0v) is 23.4. The first-order valence-electron chi connectivity index (χ1n) is 14.7. The first-order valence-corrected chi connectivity index (χ1v) is 14.7. The number of aromatic nitrogens is 4. The zero-order valence-electron chi connectivity index (χ0n) is 23.4. The van der Waals surface area contributed by atoms with Crippen molar-refractivity contribution in [2.45, 2.75) is 0 Å². The summed E-state index contributed by atoms with van der Waals surface area (Å²) in [5, 5.41) is 17.6. The third kappa shape index (κ3) is 2.91. The molecule has 0 aliphatic heterocycles. The van der Waals surface area contributed by atoms with Crippen molar-refractivity contribution in [2.24, 2.45) is 0 Å². The van der Waals surface area contributed by atoms with Gasteiger partial charge in [-0.15, -0.1) is 0 Å². The summed E-state index contributed by atoms with van der Waals surface area (Å²) in [6, 6.07) is 46.3. The van der Waals surface area contributed by atoms with E-state index < -0.39 is 0 Å². The van der Waals surface area contributed by atoms with Crippen LogP contribution in [0.2, 0.25) is 0 Å². The van der Waals surface area contributed by atoms with Crippen LogP contribution >= 0.6 is 0 Å². The van der Waals surface area contributed by atoms with Crippen molar-refractivity contribution in [1.29, 1.82) is 5.26 Å². The van der Waals surface area contributed by atoms with Crippen LogP contribution < -0.4 is 0 Å². The molecular formula is C39H21N5. The van der Waals surface area contributed by atoms with Crippen LogP contribution in [0.3, 0.4) is 0 Å². The summed E-state index contributed by atoms with van der Waals surface area (Å²) in [7, 11) is 0. The molecule has 0 atom stereocenters. The van der Waals surface area contributed by atoms with Crippen LogP contribution in [0.4, 0.5) is 0 Å². The highest BCUT2D eigenvalue weighted by Crippen LogP contribution is 2.46. The maximum Gasteiger partial charge on any atom is 0.235 e. The molecule has 0 aliphatic carbocycles. The second-order valence-corrected chi connectivity index (χ2v) is 11.3. The van der Waals surface area contributed by atoms with Crippen LogP contribution in [-0.4, -0.2) is 18.9 Å². The first-order chi connectivity index (χ1) is 21.8. The van der Waals surface area contributed by atoms with Crippen LogP contribution in [0.25, 0.3) is 88.0 Å². The second kappa shape index (κ2) is 8.41. The van der Waals surface area contributed by atoms with Crippen molar-refractivity contribution in [3.8, 4) is 23.3 Å². The molecule has 5 heteroatoms. The van der Waals surface area contributed by atoms with Crippen molar-refractivity contribution in [2.75, 3.05) is 0 Å². The molecule has 10 aromatic rings. The van der Waals surface area contributed by atoms with Crippen LogP contribution in [-0.2, 0) is 0 Å². The van der Waals surface area contributed by atoms with E-state index in [4.69, 9.17) is 9.97 Å². The van der Waals surface area contributed by atoms with Gasteiger partial charge in [0.05, 0.1) is 50.4 Å². The maximum atomic E-state index is 9.41. The largest absolute Gasteiger partial charge is 0.308 e. The second-order valence-electron chi connectivity index (χ2n) is 11.3. The quantitative estimate of drug-likeness (QED) is 0.212. The van der Waals surface area contributed by atoms with Gasteiger partial charge in [-0.1, -0.05) is 84.9 Å². The number of rotatable bonds is 2. The van der Waals surface area contributed by atoms with Gasteiger partial charge in [0.15, 0.2) is 0 Å². The Morgan fingerprint density at radius 2 is 1.11 bits per heavy atom. The van der Waals surface area contributed by atoms with E-state index in [2.05, 4.69) is 100.0 Å². The van der Waals surface area contributed by atoms with Gasteiger partial charge in [-0.3, -0.25) is 4.57 Å². The Hall–Kier alpha value is -6.25. The number of fused-ring (bicyclic) bond motifs is 11. The summed E-state index contributed by atoms with van der Waals surface area (Å²) in [6.07, 6.45) is 0. The van der Waals surface area contributed by atoms with Gasteiger partial charge in [0.1, 0.15) is 0 Å². The lowest BCUT2D eigenvalue weighted by Crippen LogP contribution is -2.03. The van der Waals surface area contributed by atoms with Gasteiger partial charge in [0.2, 0.25) is 5.95 Å². The summed E-state index contributed by atoms with van der Waals surface area (Å²) in [6.45, 7) is 0. The normalized spacial score (nSPS) is 12.1. The smallest absolute Gasteiger partial charge is 0.235 e. The third-order valence-corrected chi connectivity index (χ3v) is 9.08. The number of nitriles is 1. The highest BCUT2D eigenvalue weighted by atomic mass is 15.2. The van der Waals surface area contributed by atoms with E-state index in [0.29, 0.717) is 11.5 Å². The predicted octanol–water partition coefficient (Wildman–Crippen LogP) is 9.42. The van der Waals surface area contributed by atoms with Gasteiger partial charge < -0.3 is 4.40 Å². The molecule has 5 nitrogen and oxygen atoms in total. The van der Waals surface area contributed by atoms with Gasteiger partial charge in [0, 0.05) is 43.3 Å². The Labute approximate surface area is 250 Å². The van der Waals surface area contributed by atoms with E-state index >= 15 is 0 Å². The van der Waals surface area contributed by atoms with E-state index in [1.807, 2.05) is 42.5 Å². The Morgan fingerprint density at radius 1 is 0.523 bits per heavy atom. The third-order valence-electron chi connectivity index (χ3n) is 9.08. The molecule has 0 bridgehead atoms. The predicted molar refractivity (Wildman–Crippen MR) is 179 cm³/mol. The fourth-order valence-corrected chi connectivity index (χ4v) is 7.25. The summed E-state index contributed by atoms with van der Waals surface area (Å²) in [5.41, 5.74) is 9.07. The minimum absolute atomic E-state index is 0.621. The van der Waals surface area contributed by atoms with Gasteiger partial charge in [-0.25, -0.2) is 9.97 Å². The molecule has 4 heterocycles. The molecule has 0 amide bonds.